The van der Waals surface area contributed by atoms with Gasteiger partial charge in [0.1, 0.15) is 11.6 Å². The average molecular weight is 370 g/mol. The number of aromatic amines is 1. The van der Waals surface area contributed by atoms with E-state index in [1.54, 1.807) is 16.9 Å². The van der Waals surface area contributed by atoms with Crippen molar-refractivity contribution in [3.05, 3.63) is 47.3 Å². The molecule has 0 unspecified atom stereocenters. The number of nitrogens with one attached hydrogen (secondary N) is 2. The minimum absolute atomic E-state index is 0.0524. The summed E-state index contributed by atoms with van der Waals surface area (Å²) < 4.78 is 15.1. The average Bonchev–Trinajstić information content (AvgIpc) is 3.23. The van der Waals surface area contributed by atoms with Crippen LogP contribution in [-0.4, -0.2) is 43.8 Å². The van der Waals surface area contributed by atoms with E-state index in [-0.39, 0.29) is 17.8 Å². The fourth-order valence-electron chi connectivity index (χ4n) is 3.55. The Kier molecular flexibility index (Phi) is 4.55. The Morgan fingerprint density at radius 2 is 2.15 bits per heavy atom. The van der Waals surface area contributed by atoms with Crippen molar-refractivity contribution in [2.24, 2.45) is 7.05 Å². The first-order valence-electron chi connectivity index (χ1n) is 9.16. The largest absolute Gasteiger partial charge is 0.342 e. The number of piperidine rings is 1. The smallest absolute Gasteiger partial charge is 0.317 e. The third-order valence-corrected chi connectivity index (χ3v) is 5.40. The van der Waals surface area contributed by atoms with Gasteiger partial charge in [0.2, 0.25) is 0 Å². The third-order valence-electron chi connectivity index (χ3n) is 5.40. The number of hydrogen-bond donors (Lipinski definition) is 2. The highest BCUT2D eigenvalue weighted by Crippen LogP contribution is 2.28. The van der Waals surface area contributed by atoms with Crippen molar-refractivity contribution >= 4 is 17.1 Å². The zero-order chi connectivity index (χ0) is 19.0. The summed E-state index contributed by atoms with van der Waals surface area (Å²) in [5.74, 6) is 0.861. The van der Waals surface area contributed by atoms with E-state index >= 15 is 0 Å². The van der Waals surface area contributed by atoms with E-state index in [0.29, 0.717) is 19.6 Å². The Balaban J connectivity index is 1.33. The van der Waals surface area contributed by atoms with Crippen LogP contribution in [0.1, 0.15) is 35.8 Å². The second-order valence-electron chi connectivity index (χ2n) is 7.08. The highest BCUT2D eigenvalue weighted by Gasteiger charge is 2.25. The lowest BCUT2D eigenvalue weighted by Crippen LogP contribution is -2.44. The molecule has 0 aliphatic carbocycles. The fourth-order valence-corrected chi connectivity index (χ4v) is 3.55. The van der Waals surface area contributed by atoms with E-state index in [1.165, 1.54) is 12.1 Å². The number of fused-ring (bicyclic) bond motifs is 1. The molecule has 27 heavy (non-hydrogen) atoms. The number of H-pyrrole nitrogens is 1. The number of nitrogens with zero attached hydrogens (tertiary/aromatic N) is 4. The van der Waals surface area contributed by atoms with Crippen molar-refractivity contribution in [1.82, 2.24) is 30.0 Å². The molecule has 2 N–H and O–H groups in total. The maximum absolute atomic E-state index is 13.3. The molecular formula is C19H23FN6O. The van der Waals surface area contributed by atoms with Crippen molar-refractivity contribution in [2.45, 2.75) is 32.2 Å². The molecule has 1 saturated heterocycles. The van der Waals surface area contributed by atoms with Crippen LogP contribution >= 0.6 is 0 Å². The van der Waals surface area contributed by atoms with Crippen LogP contribution in [0.4, 0.5) is 9.18 Å². The van der Waals surface area contributed by atoms with Crippen LogP contribution in [-0.2, 0) is 13.6 Å². The lowest BCUT2D eigenvalue weighted by atomic mass is 9.96. The fraction of sp³-hybridized carbons (Fsp3) is 0.421. The molecule has 0 radical (unpaired) electrons. The summed E-state index contributed by atoms with van der Waals surface area (Å²) in [7, 11) is 1.89. The minimum Gasteiger partial charge on any atom is -0.342 e. The molecule has 0 spiro atoms. The van der Waals surface area contributed by atoms with E-state index in [1.807, 2.05) is 18.9 Å². The van der Waals surface area contributed by atoms with E-state index in [4.69, 9.17) is 0 Å². The zero-order valence-electron chi connectivity index (χ0n) is 15.5. The number of rotatable bonds is 3. The molecule has 142 valence electrons. The molecule has 1 aliphatic heterocycles. The summed E-state index contributed by atoms with van der Waals surface area (Å²) in [6.07, 6.45) is 3.45. The van der Waals surface area contributed by atoms with Gasteiger partial charge in [-0.25, -0.2) is 14.2 Å². The number of amides is 2. The maximum Gasteiger partial charge on any atom is 0.317 e. The molecule has 4 rings (SSSR count). The lowest BCUT2D eigenvalue weighted by molar-refractivity contribution is 0.180. The topological polar surface area (TPSA) is 78.8 Å². The Bertz CT molecular complexity index is 970. The number of imidazole rings is 1. The monoisotopic (exact) mass is 370 g/mol. The number of aryl methyl sites for hydroxylation is 1. The first kappa shape index (κ1) is 17.5. The van der Waals surface area contributed by atoms with Gasteiger partial charge in [0, 0.05) is 43.9 Å². The van der Waals surface area contributed by atoms with Crippen LogP contribution in [0.5, 0.6) is 0 Å². The number of hydrogen-bond acceptors (Lipinski definition) is 3. The van der Waals surface area contributed by atoms with Gasteiger partial charge in [-0.1, -0.05) is 0 Å². The van der Waals surface area contributed by atoms with Crippen molar-refractivity contribution in [2.75, 3.05) is 13.1 Å². The Morgan fingerprint density at radius 1 is 1.37 bits per heavy atom. The second-order valence-corrected chi connectivity index (χ2v) is 7.08. The molecule has 3 heterocycles. The molecule has 2 aromatic heterocycles. The molecule has 1 aromatic carbocycles. The number of urea groups is 1. The normalized spacial score (nSPS) is 15.4. The van der Waals surface area contributed by atoms with E-state index in [2.05, 4.69) is 20.4 Å². The molecular weight excluding hydrogens is 347 g/mol. The van der Waals surface area contributed by atoms with E-state index < -0.39 is 0 Å². The van der Waals surface area contributed by atoms with Gasteiger partial charge in [0.15, 0.2) is 0 Å². The minimum atomic E-state index is -0.270. The number of aromatic nitrogens is 4. The lowest BCUT2D eigenvalue weighted by Gasteiger charge is -2.31. The van der Waals surface area contributed by atoms with Gasteiger partial charge in [-0.05, 0) is 38.0 Å². The van der Waals surface area contributed by atoms with Gasteiger partial charge >= 0.3 is 6.03 Å². The number of likely N-dealkylation sites (tertiary alicyclic amines) is 1. The van der Waals surface area contributed by atoms with Crippen LogP contribution in [0.25, 0.3) is 11.0 Å². The summed E-state index contributed by atoms with van der Waals surface area (Å²) in [6.45, 7) is 3.81. The zero-order valence-corrected chi connectivity index (χ0v) is 15.5. The predicted molar refractivity (Wildman–Crippen MR) is 99.8 cm³/mol. The summed E-state index contributed by atoms with van der Waals surface area (Å²) >= 11 is 0. The van der Waals surface area contributed by atoms with E-state index in [0.717, 1.165) is 41.0 Å². The molecule has 7 nitrogen and oxygen atoms in total. The van der Waals surface area contributed by atoms with Crippen LogP contribution in [0.15, 0.2) is 24.4 Å². The Morgan fingerprint density at radius 3 is 2.85 bits per heavy atom. The highest BCUT2D eigenvalue weighted by atomic mass is 19.1. The first-order chi connectivity index (χ1) is 13.0. The number of carbonyl (C=O) groups excluding carboxylic acids is 1. The number of benzene rings is 1. The van der Waals surface area contributed by atoms with Gasteiger partial charge in [-0.2, -0.15) is 5.10 Å². The van der Waals surface area contributed by atoms with E-state index in [9.17, 15) is 9.18 Å². The van der Waals surface area contributed by atoms with Gasteiger partial charge in [-0.3, -0.25) is 4.68 Å². The number of halogens is 1. The summed E-state index contributed by atoms with van der Waals surface area (Å²) in [6, 6.07) is 4.52. The molecule has 8 heteroatoms. The Labute approximate surface area is 156 Å². The standard InChI is InChI=1S/C19H23FN6O/c1-12-14(11-22-25(12)2)10-21-19(27)26-7-5-13(6-8-26)18-23-16-4-3-15(20)9-17(16)24-18/h3-4,9,11,13H,5-8,10H2,1-2H3,(H,21,27)(H,23,24). The van der Waals surface area contributed by atoms with Crippen LogP contribution < -0.4 is 5.32 Å². The van der Waals surface area contributed by atoms with Crippen molar-refractivity contribution in [1.29, 1.82) is 0 Å². The van der Waals surface area contributed by atoms with Crippen LogP contribution in [0, 0.1) is 12.7 Å². The molecule has 3 aromatic rings. The van der Waals surface area contributed by atoms with Gasteiger partial charge in [0.05, 0.1) is 17.2 Å². The highest BCUT2D eigenvalue weighted by molar-refractivity contribution is 5.75. The second kappa shape index (κ2) is 7.02. The SMILES string of the molecule is Cc1c(CNC(=O)N2CCC(c3nc4ccc(F)cc4[nH]3)CC2)cnn1C. The third kappa shape index (κ3) is 3.51. The van der Waals surface area contributed by atoms with Crippen LogP contribution in [0.2, 0.25) is 0 Å². The molecule has 0 atom stereocenters. The van der Waals surface area contributed by atoms with Crippen molar-refractivity contribution < 1.29 is 9.18 Å². The molecule has 0 saturated carbocycles. The van der Waals surface area contributed by atoms with Crippen LogP contribution in [0.3, 0.4) is 0 Å². The van der Waals surface area contributed by atoms with Gasteiger partial charge < -0.3 is 15.2 Å². The van der Waals surface area contributed by atoms with Gasteiger partial charge in [0.25, 0.3) is 0 Å². The predicted octanol–water partition coefficient (Wildman–Crippen LogP) is 2.83. The first-order valence-corrected chi connectivity index (χ1v) is 9.16. The Hall–Kier alpha value is -2.90. The molecule has 1 fully saturated rings. The molecule has 0 bridgehead atoms. The quantitative estimate of drug-likeness (QED) is 0.744. The number of carbonyl (C=O) groups is 1. The summed E-state index contributed by atoms with van der Waals surface area (Å²) in [5, 5.41) is 7.17. The van der Waals surface area contributed by atoms with Gasteiger partial charge in [-0.15, -0.1) is 0 Å². The van der Waals surface area contributed by atoms with Crippen molar-refractivity contribution in [3.63, 3.8) is 0 Å². The van der Waals surface area contributed by atoms with Crippen molar-refractivity contribution in [3.8, 4) is 0 Å². The molecule has 2 amide bonds. The summed E-state index contributed by atoms with van der Waals surface area (Å²) in [5.41, 5.74) is 3.57. The molecule has 1 aliphatic rings. The maximum atomic E-state index is 13.3. The summed E-state index contributed by atoms with van der Waals surface area (Å²) in [4.78, 5) is 22.1.